The molecule has 1 atom stereocenters. The predicted octanol–water partition coefficient (Wildman–Crippen LogP) is 4.75. The molecule has 2 aromatic carbocycles. The Kier molecular flexibility index (Phi) is 4.82. The fourth-order valence-electron chi connectivity index (χ4n) is 3.96. The average Bonchev–Trinajstić information content (AvgIpc) is 3.16. The van der Waals surface area contributed by atoms with E-state index in [0.717, 1.165) is 29.2 Å². The largest absolute Gasteiger partial charge is 0.497 e. The zero-order valence-electron chi connectivity index (χ0n) is 16.5. The number of hydrogen-bond acceptors (Lipinski definition) is 2. The molecular weight excluding hydrogens is 350 g/mol. The first-order valence-corrected chi connectivity index (χ1v) is 9.50. The van der Waals surface area contributed by atoms with Crippen molar-refractivity contribution in [3.05, 3.63) is 83.2 Å². The van der Waals surface area contributed by atoms with Crippen LogP contribution in [0.4, 0.5) is 10.5 Å². The molecule has 2 heterocycles. The Balaban J connectivity index is 1.69. The van der Waals surface area contributed by atoms with Crippen LogP contribution < -0.4 is 10.1 Å². The van der Waals surface area contributed by atoms with Gasteiger partial charge < -0.3 is 19.5 Å². The number of fused-ring (bicyclic) bond motifs is 1. The first-order valence-electron chi connectivity index (χ1n) is 9.50. The number of carbonyl (C=O) groups excluding carboxylic acids is 1. The Morgan fingerprint density at radius 2 is 1.93 bits per heavy atom. The predicted molar refractivity (Wildman–Crippen MR) is 111 cm³/mol. The van der Waals surface area contributed by atoms with Gasteiger partial charge in [0.2, 0.25) is 0 Å². The van der Waals surface area contributed by atoms with E-state index in [1.807, 2.05) is 29.2 Å². The molecule has 1 aliphatic rings. The topological polar surface area (TPSA) is 46.5 Å². The smallest absolute Gasteiger partial charge is 0.322 e. The summed E-state index contributed by atoms with van der Waals surface area (Å²) in [4.78, 5) is 15.1. The van der Waals surface area contributed by atoms with E-state index in [1.54, 1.807) is 7.11 Å². The van der Waals surface area contributed by atoms with Crippen molar-refractivity contribution in [1.29, 1.82) is 0 Å². The van der Waals surface area contributed by atoms with Crippen molar-refractivity contribution >= 4 is 11.7 Å². The van der Waals surface area contributed by atoms with E-state index in [-0.39, 0.29) is 12.1 Å². The van der Waals surface area contributed by atoms with Crippen LogP contribution in [0.2, 0.25) is 0 Å². The fraction of sp³-hybridized carbons (Fsp3) is 0.261. The number of anilines is 1. The summed E-state index contributed by atoms with van der Waals surface area (Å²) in [5.41, 5.74) is 5.44. The SMILES string of the molecule is COc1cccc(NC(=O)N2CCn3cccc3[C@H]2c2ccc(C)cc2C)c1. The maximum atomic E-state index is 13.2. The number of urea groups is 1. The Morgan fingerprint density at radius 1 is 1.07 bits per heavy atom. The van der Waals surface area contributed by atoms with Gasteiger partial charge in [0, 0.05) is 36.7 Å². The second kappa shape index (κ2) is 7.43. The summed E-state index contributed by atoms with van der Waals surface area (Å²) in [5.74, 6) is 0.719. The molecule has 0 spiro atoms. The van der Waals surface area contributed by atoms with Crippen LogP contribution in [0.5, 0.6) is 5.75 Å². The molecule has 0 radical (unpaired) electrons. The van der Waals surface area contributed by atoms with Crippen LogP contribution in [0.3, 0.4) is 0 Å². The standard InChI is InChI=1S/C23H25N3O2/c1-16-9-10-20(17(2)14-16)22-21-8-5-11-25(21)12-13-26(22)23(27)24-18-6-4-7-19(15-18)28-3/h4-11,14-15,22H,12-13H2,1-3H3,(H,24,27)/t22-/m1/s1. The van der Waals surface area contributed by atoms with Crippen LogP contribution in [0.15, 0.2) is 60.8 Å². The maximum absolute atomic E-state index is 13.2. The summed E-state index contributed by atoms with van der Waals surface area (Å²) in [7, 11) is 1.62. The van der Waals surface area contributed by atoms with Gasteiger partial charge in [0.25, 0.3) is 0 Å². The van der Waals surface area contributed by atoms with Gasteiger partial charge in [0.05, 0.1) is 13.2 Å². The van der Waals surface area contributed by atoms with Crippen LogP contribution in [-0.2, 0) is 6.54 Å². The number of rotatable bonds is 3. The highest BCUT2D eigenvalue weighted by molar-refractivity contribution is 5.90. The number of methoxy groups -OCH3 is 1. The van der Waals surface area contributed by atoms with Crippen LogP contribution in [0, 0.1) is 13.8 Å². The van der Waals surface area contributed by atoms with E-state index in [2.05, 4.69) is 60.3 Å². The summed E-state index contributed by atoms with van der Waals surface area (Å²) in [6.07, 6.45) is 2.09. The Bertz CT molecular complexity index is 1010. The van der Waals surface area contributed by atoms with Gasteiger partial charge in [-0.1, -0.05) is 29.8 Å². The number of benzene rings is 2. The normalized spacial score (nSPS) is 15.8. The molecule has 0 fully saturated rings. The molecule has 2 amide bonds. The maximum Gasteiger partial charge on any atom is 0.322 e. The van der Waals surface area contributed by atoms with E-state index in [1.165, 1.54) is 11.1 Å². The molecule has 0 aliphatic carbocycles. The Hall–Kier alpha value is -3.21. The second-order valence-corrected chi connectivity index (χ2v) is 7.24. The van der Waals surface area contributed by atoms with Gasteiger partial charge in [0.1, 0.15) is 5.75 Å². The fourth-order valence-corrected chi connectivity index (χ4v) is 3.96. The quantitative estimate of drug-likeness (QED) is 0.718. The molecule has 1 aromatic heterocycles. The highest BCUT2D eigenvalue weighted by atomic mass is 16.5. The molecule has 0 unspecified atom stereocenters. The summed E-state index contributed by atoms with van der Waals surface area (Å²) in [6, 6.07) is 17.8. The Labute approximate surface area is 165 Å². The molecule has 5 nitrogen and oxygen atoms in total. The zero-order chi connectivity index (χ0) is 19.7. The van der Waals surface area contributed by atoms with Gasteiger partial charge in [-0.3, -0.25) is 0 Å². The third-order valence-corrected chi connectivity index (χ3v) is 5.34. The molecule has 4 rings (SSSR count). The monoisotopic (exact) mass is 375 g/mol. The molecule has 3 aromatic rings. The molecular formula is C23H25N3O2. The third-order valence-electron chi connectivity index (χ3n) is 5.34. The number of hydrogen-bond donors (Lipinski definition) is 1. The summed E-state index contributed by atoms with van der Waals surface area (Å²) < 4.78 is 7.50. The van der Waals surface area contributed by atoms with Gasteiger partial charge in [0.15, 0.2) is 0 Å². The molecule has 0 saturated heterocycles. The lowest BCUT2D eigenvalue weighted by atomic mass is 9.94. The number of aryl methyl sites for hydroxylation is 2. The van der Waals surface area contributed by atoms with Crippen molar-refractivity contribution in [3.63, 3.8) is 0 Å². The van der Waals surface area contributed by atoms with E-state index in [9.17, 15) is 4.79 Å². The molecule has 28 heavy (non-hydrogen) atoms. The summed E-state index contributed by atoms with van der Waals surface area (Å²) in [6.45, 7) is 5.64. The lowest BCUT2D eigenvalue weighted by Crippen LogP contribution is -2.44. The highest BCUT2D eigenvalue weighted by Gasteiger charge is 2.33. The van der Waals surface area contributed by atoms with Gasteiger partial charge in [-0.2, -0.15) is 0 Å². The minimum absolute atomic E-state index is 0.106. The lowest BCUT2D eigenvalue weighted by molar-refractivity contribution is 0.181. The van der Waals surface area contributed by atoms with E-state index >= 15 is 0 Å². The van der Waals surface area contributed by atoms with Crippen molar-refractivity contribution < 1.29 is 9.53 Å². The van der Waals surface area contributed by atoms with Gasteiger partial charge in [-0.25, -0.2) is 4.79 Å². The number of ether oxygens (including phenoxy) is 1. The van der Waals surface area contributed by atoms with Crippen LogP contribution >= 0.6 is 0 Å². The van der Waals surface area contributed by atoms with E-state index in [0.29, 0.717) is 6.54 Å². The minimum Gasteiger partial charge on any atom is -0.497 e. The number of amides is 2. The molecule has 1 aliphatic heterocycles. The van der Waals surface area contributed by atoms with E-state index in [4.69, 9.17) is 4.74 Å². The number of nitrogens with zero attached hydrogens (tertiary/aromatic N) is 2. The summed E-state index contributed by atoms with van der Waals surface area (Å²) >= 11 is 0. The van der Waals surface area contributed by atoms with Gasteiger partial charge in [-0.15, -0.1) is 0 Å². The van der Waals surface area contributed by atoms with Gasteiger partial charge in [-0.05, 0) is 49.2 Å². The van der Waals surface area contributed by atoms with Crippen molar-refractivity contribution in [2.45, 2.75) is 26.4 Å². The second-order valence-electron chi connectivity index (χ2n) is 7.24. The Morgan fingerprint density at radius 3 is 2.71 bits per heavy atom. The average molecular weight is 375 g/mol. The van der Waals surface area contributed by atoms with Crippen molar-refractivity contribution in [1.82, 2.24) is 9.47 Å². The molecule has 0 bridgehead atoms. The minimum atomic E-state index is -0.116. The number of aromatic nitrogens is 1. The zero-order valence-corrected chi connectivity index (χ0v) is 16.5. The number of nitrogens with one attached hydrogen (secondary N) is 1. The van der Waals surface area contributed by atoms with Crippen LogP contribution in [-0.4, -0.2) is 29.2 Å². The van der Waals surface area contributed by atoms with Crippen LogP contribution in [0.25, 0.3) is 0 Å². The van der Waals surface area contributed by atoms with Crippen molar-refractivity contribution in [2.24, 2.45) is 0 Å². The highest BCUT2D eigenvalue weighted by Crippen LogP contribution is 2.35. The van der Waals surface area contributed by atoms with Crippen molar-refractivity contribution in [3.8, 4) is 5.75 Å². The molecule has 144 valence electrons. The molecule has 1 N–H and O–H groups in total. The van der Waals surface area contributed by atoms with Crippen LogP contribution in [0.1, 0.15) is 28.4 Å². The first kappa shape index (κ1) is 18.2. The van der Waals surface area contributed by atoms with E-state index < -0.39 is 0 Å². The molecule has 0 saturated carbocycles. The first-order chi connectivity index (χ1) is 13.6. The number of carbonyl (C=O) groups is 1. The van der Waals surface area contributed by atoms with Gasteiger partial charge >= 0.3 is 6.03 Å². The molecule has 5 heteroatoms. The van der Waals surface area contributed by atoms with Crippen molar-refractivity contribution in [2.75, 3.05) is 19.0 Å². The third kappa shape index (κ3) is 3.36. The summed E-state index contributed by atoms with van der Waals surface area (Å²) in [5, 5.41) is 3.04. The lowest BCUT2D eigenvalue weighted by Gasteiger charge is -2.38.